The number of carbonyl (C=O) groups excluding carboxylic acids is 3. The molecule has 4 amide bonds. The van der Waals surface area contributed by atoms with E-state index in [1.807, 2.05) is 42.5 Å². The lowest BCUT2D eigenvalue weighted by molar-refractivity contribution is -0.385. The number of nitrogens with zero attached hydrogens (tertiary/aromatic N) is 2. The zero-order valence-electron chi connectivity index (χ0n) is 17.6. The first kappa shape index (κ1) is 21.7. The fourth-order valence-electron chi connectivity index (χ4n) is 3.69. The molecule has 1 saturated heterocycles. The molecule has 1 fully saturated rings. The molecule has 1 heterocycles. The summed E-state index contributed by atoms with van der Waals surface area (Å²) in [4.78, 5) is 49.3. The molecule has 0 saturated carbocycles. The van der Waals surface area contributed by atoms with Crippen molar-refractivity contribution in [3.05, 3.63) is 94.5 Å². The van der Waals surface area contributed by atoms with Crippen LogP contribution in [0.1, 0.15) is 12.5 Å². The number of carbonyl (C=O) groups is 3. The van der Waals surface area contributed by atoms with Crippen LogP contribution in [-0.2, 0) is 15.1 Å². The van der Waals surface area contributed by atoms with Crippen molar-refractivity contribution in [3.63, 3.8) is 0 Å². The van der Waals surface area contributed by atoms with Gasteiger partial charge in [0.2, 0.25) is 5.91 Å². The maximum Gasteiger partial charge on any atom is 0.325 e. The van der Waals surface area contributed by atoms with Gasteiger partial charge in [-0.2, -0.15) is 0 Å². The molecule has 0 aliphatic carbocycles. The van der Waals surface area contributed by atoms with Gasteiger partial charge in [-0.3, -0.25) is 24.6 Å². The van der Waals surface area contributed by atoms with Gasteiger partial charge < -0.3 is 10.6 Å². The van der Waals surface area contributed by atoms with Crippen LogP contribution in [0, 0.1) is 10.1 Å². The van der Waals surface area contributed by atoms with Gasteiger partial charge in [-0.15, -0.1) is 0 Å². The van der Waals surface area contributed by atoms with Gasteiger partial charge in [0, 0.05) is 17.8 Å². The van der Waals surface area contributed by atoms with E-state index < -0.39 is 34.9 Å². The van der Waals surface area contributed by atoms with Gasteiger partial charge in [-0.05, 0) is 35.7 Å². The van der Waals surface area contributed by atoms with E-state index in [4.69, 9.17) is 0 Å². The van der Waals surface area contributed by atoms with E-state index in [9.17, 15) is 24.5 Å². The van der Waals surface area contributed by atoms with E-state index in [1.165, 1.54) is 31.2 Å². The van der Waals surface area contributed by atoms with Crippen LogP contribution in [0.25, 0.3) is 11.1 Å². The van der Waals surface area contributed by atoms with Crippen molar-refractivity contribution in [1.29, 1.82) is 0 Å². The molecule has 33 heavy (non-hydrogen) atoms. The van der Waals surface area contributed by atoms with Crippen molar-refractivity contribution in [1.82, 2.24) is 10.2 Å². The molecule has 1 atom stereocenters. The zero-order valence-corrected chi connectivity index (χ0v) is 17.6. The standard InChI is InChI=1S/C24H20N4O5/c1-24(18-8-5-9-20(14-18)28(32)33)22(30)27(23(31)26-24)15-21(29)25-19-12-10-17(11-13-19)16-6-3-2-4-7-16/h2-14H,15H2,1H3,(H,25,29)(H,26,31). The van der Waals surface area contributed by atoms with Crippen LogP contribution >= 0.6 is 0 Å². The molecule has 1 aliphatic rings. The van der Waals surface area contributed by atoms with Crippen LogP contribution in [0.15, 0.2) is 78.9 Å². The fraction of sp³-hybridized carbons (Fsp3) is 0.125. The molecule has 1 unspecified atom stereocenters. The van der Waals surface area contributed by atoms with Crippen LogP contribution in [0.4, 0.5) is 16.2 Å². The van der Waals surface area contributed by atoms with Crippen LogP contribution < -0.4 is 10.6 Å². The first-order valence-corrected chi connectivity index (χ1v) is 10.1. The second-order valence-corrected chi connectivity index (χ2v) is 7.75. The highest BCUT2D eigenvalue weighted by atomic mass is 16.6. The second-order valence-electron chi connectivity index (χ2n) is 7.75. The maximum absolute atomic E-state index is 13.0. The molecule has 1 aliphatic heterocycles. The highest BCUT2D eigenvalue weighted by Gasteiger charge is 2.49. The summed E-state index contributed by atoms with van der Waals surface area (Å²) in [7, 11) is 0. The molecule has 2 N–H and O–H groups in total. The van der Waals surface area contributed by atoms with Gasteiger partial charge in [0.1, 0.15) is 12.1 Å². The third-order valence-electron chi connectivity index (χ3n) is 5.49. The van der Waals surface area contributed by atoms with Gasteiger partial charge in [-0.25, -0.2) is 4.79 Å². The minimum atomic E-state index is -1.51. The Kier molecular flexibility index (Phi) is 5.61. The first-order valence-electron chi connectivity index (χ1n) is 10.1. The Bertz CT molecular complexity index is 1240. The van der Waals surface area contributed by atoms with Crippen molar-refractivity contribution in [2.24, 2.45) is 0 Å². The Labute approximate surface area is 189 Å². The number of benzene rings is 3. The van der Waals surface area contributed by atoms with E-state index in [0.717, 1.165) is 16.0 Å². The molecule has 3 aromatic carbocycles. The summed E-state index contributed by atoms with van der Waals surface area (Å²) in [5, 5.41) is 16.3. The molecule has 166 valence electrons. The molecule has 0 spiro atoms. The van der Waals surface area contributed by atoms with Crippen molar-refractivity contribution in [2.75, 3.05) is 11.9 Å². The highest BCUT2D eigenvalue weighted by Crippen LogP contribution is 2.31. The summed E-state index contributed by atoms with van der Waals surface area (Å²) in [5.41, 5.74) is 1.08. The first-order chi connectivity index (χ1) is 15.8. The number of hydrogen-bond donors (Lipinski definition) is 2. The molecule has 4 rings (SSSR count). The van der Waals surface area contributed by atoms with Gasteiger partial charge in [0.05, 0.1) is 4.92 Å². The normalized spacial score (nSPS) is 17.5. The van der Waals surface area contributed by atoms with E-state index in [1.54, 1.807) is 12.1 Å². The van der Waals surface area contributed by atoms with E-state index in [0.29, 0.717) is 5.69 Å². The van der Waals surface area contributed by atoms with E-state index >= 15 is 0 Å². The third kappa shape index (κ3) is 4.29. The topological polar surface area (TPSA) is 122 Å². The van der Waals surface area contributed by atoms with Crippen molar-refractivity contribution >= 4 is 29.2 Å². The van der Waals surface area contributed by atoms with Gasteiger partial charge >= 0.3 is 6.03 Å². The van der Waals surface area contributed by atoms with Crippen LogP contribution in [0.2, 0.25) is 0 Å². The zero-order chi connectivity index (χ0) is 23.6. The largest absolute Gasteiger partial charge is 0.325 e. The lowest BCUT2D eigenvalue weighted by atomic mass is 9.91. The molecule has 9 heteroatoms. The maximum atomic E-state index is 13.0. The van der Waals surface area contributed by atoms with Crippen molar-refractivity contribution in [3.8, 4) is 11.1 Å². The molecular formula is C24H20N4O5. The number of nitro groups is 1. The number of amides is 4. The number of non-ortho nitro benzene ring substituents is 1. The van der Waals surface area contributed by atoms with Crippen molar-refractivity contribution in [2.45, 2.75) is 12.5 Å². The summed E-state index contributed by atoms with van der Waals surface area (Å²) in [6, 6.07) is 21.7. The number of imide groups is 1. The second kappa shape index (κ2) is 8.54. The Morgan fingerprint density at radius 1 is 1.00 bits per heavy atom. The van der Waals surface area contributed by atoms with E-state index in [-0.39, 0.29) is 11.3 Å². The van der Waals surface area contributed by atoms with Crippen molar-refractivity contribution < 1.29 is 19.3 Å². The Balaban J connectivity index is 1.45. The average molecular weight is 444 g/mol. The summed E-state index contributed by atoms with van der Waals surface area (Å²) >= 11 is 0. The molecule has 9 nitrogen and oxygen atoms in total. The van der Waals surface area contributed by atoms with Gasteiger partial charge in [0.15, 0.2) is 0 Å². The van der Waals surface area contributed by atoms with Gasteiger partial charge in [-0.1, -0.05) is 54.6 Å². The van der Waals surface area contributed by atoms with E-state index in [2.05, 4.69) is 10.6 Å². The van der Waals surface area contributed by atoms with Crippen LogP contribution in [-0.4, -0.2) is 34.2 Å². The Morgan fingerprint density at radius 2 is 1.67 bits per heavy atom. The molecule has 0 bridgehead atoms. The minimum Gasteiger partial charge on any atom is -0.325 e. The van der Waals surface area contributed by atoms with Crippen LogP contribution in [0.5, 0.6) is 0 Å². The number of urea groups is 1. The summed E-state index contributed by atoms with van der Waals surface area (Å²) in [6.07, 6.45) is 0. The third-order valence-corrected chi connectivity index (χ3v) is 5.49. The summed E-state index contributed by atoms with van der Waals surface area (Å²) in [6.45, 7) is 0.960. The lowest BCUT2D eigenvalue weighted by Crippen LogP contribution is -2.42. The number of anilines is 1. The Hall–Kier alpha value is -4.53. The Morgan fingerprint density at radius 3 is 2.33 bits per heavy atom. The smallest absolute Gasteiger partial charge is 0.325 e. The summed E-state index contributed by atoms with van der Waals surface area (Å²) < 4.78 is 0. The quantitative estimate of drug-likeness (QED) is 0.341. The predicted octanol–water partition coefficient (Wildman–Crippen LogP) is 3.67. The molecule has 0 aromatic heterocycles. The number of nitro benzene ring substituents is 1. The molecular weight excluding hydrogens is 424 g/mol. The van der Waals surface area contributed by atoms with Crippen LogP contribution in [0.3, 0.4) is 0 Å². The number of nitrogens with one attached hydrogen (secondary N) is 2. The average Bonchev–Trinajstić information content (AvgIpc) is 3.04. The highest BCUT2D eigenvalue weighted by molar-refractivity contribution is 6.10. The summed E-state index contributed by atoms with van der Waals surface area (Å²) in [5.74, 6) is -1.21. The lowest BCUT2D eigenvalue weighted by Gasteiger charge is -2.22. The van der Waals surface area contributed by atoms with Gasteiger partial charge in [0.25, 0.3) is 11.6 Å². The fourth-order valence-corrected chi connectivity index (χ4v) is 3.69. The SMILES string of the molecule is CC1(c2cccc([N+](=O)[O-])c2)NC(=O)N(CC(=O)Nc2ccc(-c3ccccc3)cc2)C1=O. The number of rotatable bonds is 6. The molecule has 3 aromatic rings. The monoisotopic (exact) mass is 444 g/mol. The molecule has 0 radical (unpaired) electrons. The predicted molar refractivity (Wildman–Crippen MR) is 121 cm³/mol. The minimum absolute atomic E-state index is 0.203. The number of hydrogen-bond acceptors (Lipinski definition) is 5.